The van der Waals surface area contributed by atoms with Crippen molar-refractivity contribution in [3.63, 3.8) is 0 Å². The SMILES string of the molecule is COc1cccc(CN2CCN(c3nc4c(c(=O)n3-c3cc(C)c(F)c(C)c3)CCN(C(=O)c3cc5cc(C6CCOCC6)ccc5n3[C@@]3(c5noc(=O)[nH]5)C[C@H]3C)[C@H]4C)C2=O)c1.[HH]. The molecular formula is C47H51FN8O7. The van der Waals surface area contributed by atoms with Crippen molar-refractivity contribution in [3.05, 3.63) is 132 Å². The summed E-state index contributed by atoms with van der Waals surface area (Å²) < 4.78 is 34.5. The lowest BCUT2D eigenvalue weighted by molar-refractivity contribution is 0.0658. The first kappa shape index (κ1) is 40.5. The van der Waals surface area contributed by atoms with Gasteiger partial charge in [-0.05, 0) is 123 Å². The number of halogens is 1. The molecule has 3 aromatic carbocycles. The third kappa shape index (κ3) is 6.64. The van der Waals surface area contributed by atoms with E-state index in [1.54, 1.807) is 42.9 Å². The van der Waals surface area contributed by atoms with Crippen LogP contribution in [0.3, 0.4) is 0 Å². The third-order valence-electron chi connectivity index (χ3n) is 13.7. The molecule has 6 aromatic rings. The van der Waals surface area contributed by atoms with Gasteiger partial charge in [-0.1, -0.05) is 30.3 Å². The smallest absolute Gasteiger partial charge is 0.438 e. The van der Waals surface area contributed by atoms with Gasteiger partial charge in [-0.2, -0.15) is 0 Å². The molecule has 16 heteroatoms. The monoisotopic (exact) mass is 858 g/mol. The maximum Gasteiger partial charge on any atom is 0.438 e. The molecule has 2 saturated heterocycles. The summed E-state index contributed by atoms with van der Waals surface area (Å²) in [5.41, 5.74) is 3.97. The van der Waals surface area contributed by atoms with Crippen molar-refractivity contribution in [1.82, 2.24) is 34.1 Å². The van der Waals surface area contributed by atoms with Crippen LogP contribution in [-0.4, -0.2) is 86.0 Å². The number of nitrogens with zero attached hydrogens (tertiary/aromatic N) is 7. The van der Waals surface area contributed by atoms with Crippen LogP contribution in [0.5, 0.6) is 5.75 Å². The predicted octanol–water partition coefficient (Wildman–Crippen LogP) is 6.75. The van der Waals surface area contributed by atoms with E-state index < -0.39 is 17.3 Å². The molecule has 63 heavy (non-hydrogen) atoms. The second-order valence-corrected chi connectivity index (χ2v) is 17.5. The van der Waals surface area contributed by atoms with E-state index in [4.69, 9.17) is 19.0 Å². The van der Waals surface area contributed by atoms with Crippen LogP contribution in [0.1, 0.15) is 96.3 Å². The summed E-state index contributed by atoms with van der Waals surface area (Å²) in [6.07, 6.45) is 2.62. The van der Waals surface area contributed by atoms with Crippen molar-refractivity contribution in [2.75, 3.05) is 44.9 Å². The van der Waals surface area contributed by atoms with Crippen LogP contribution in [-0.2, 0) is 23.2 Å². The van der Waals surface area contributed by atoms with Gasteiger partial charge < -0.3 is 23.8 Å². The minimum atomic E-state index is -0.840. The predicted molar refractivity (Wildman–Crippen MR) is 233 cm³/mol. The van der Waals surface area contributed by atoms with Crippen molar-refractivity contribution in [2.24, 2.45) is 5.92 Å². The number of urea groups is 1. The Hall–Kier alpha value is -6.55. The molecule has 0 bridgehead atoms. The zero-order valence-corrected chi connectivity index (χ0v) is 35.9. The molecule has 10 rings (SSSR count). The largest absolute Gasteiger partial charge is 0.497 e. The van der Waals surface area contributed by atoms with Gasteiger partial charge in [0.1, 0.15) is 22.8 Å². The second-order valence-electron chi connectivity index (χ2n) is 17.5. The summed E-state index contributed by atoms with van der Waals surface area (Å²) in [7, 11) is 1.59. The summed E-state index contributed by atoms with van der Waals surface area (Å²) in [6, 6.07) is 17.9. The van der Waals surface area contributed by atoms with Crippen LogP contribution in [0.4, 0.5) is 15.1 Å². The quantitative estimate of drug-likeness (QED) is 0.166. The van der Waals surface area contributed by atoms with E-state index in [1.807, 2.05) is 41.8 Å². The van der Waals surface area contributed by atoms with Crippen molar-refractivity contribution in [1.29, 1.82) is 0 Å². The van der Waals surface area contributed by atoms with Gasteiger partial charge in [0.2, 0.25) is 5.95 Å². The van der Waals surface area contributed by atoms with Crippen molar-refractivity contribution >= 4 is 28.8 Å². The molecule has 0 unspecified atom stereocenters. The maximum absolute atomic E-state index is 15.3. The number of amides is 3. The van der Waals surface area contributed by atoms with Gasteiger partial charge in [0, 0.05) is 57.3 Å². The Bertz CT molecular complexity index is 2930. The highest BCUT2D eigenvalue weighted by molar-refractivity contribution is 6.00. The van der Waals surface area contributed by atoms with Gasteiger partial charge in [-0.25, -0.2) is 23.5 Å². The minimum Gasteiger partial charge on any atom is -0.497 e. The molecule has 0 spiro atoms. The highest BCUT2D eigenvalue weighted by atomic mass is 19.1. The topological polar surface area (TPSA) is 161 Å². The normalized spacial score (nSPS) is 21.4. The Morgan fingerprint density at radius 3 is 2.46 bits per heavy atom. The maximum atomic E-state index is 15.3. The highest BCUT2D eigenvalue weighted by Gasteiger charge is 2.59. The van der Waals surface area contributed by atoms with Gasteiger partial charge in [0.25, 0.3) is 11.5 Å². The van der Waals surface area contributed by atoms with Crippen LogP contribution in [0.2, 0.25) is 0 Å². The van der Waals surface area contributed by atoms with Crippen LogP contribution < -0.4 is 21.0 Å². The number of carbonyl (C=O) groups excluding carboxylic acids is 2. The summed E-state index contributed by atoms with van der Waals surface area (Å²) in [5, 5.41) is 5.03. The molecule has 3 aromatic heterocycles. The lowest BCUT2D eigenvalue weighted by Crippen LogP contribution is -2.45. The number of ether oxygens (including phenoxy) is 2. The molecule has 1 N–H and O–H groups in total. The summed E-state index contributed by atoms with van der Waals surface area (Å²) in [5.74, 6) is 0.135. The van der Waals surface area contributed by atoms with Crippen molar-refractivity contribution in [3.8, 4) is 11.4 Å². The lowest BCUT2D eigenvalue weighted by atomic mass is 9.91. The first-order chi connectivity index (χ1) is 30.4. The fourth-order valence-electron chi connectivity index (χ4n) is 10.2. The summed E-state index contributed by atoms with van der Waals surface area (Å²) in [4.78, 5) is 69.7. The number of aryl methyl sites for hydroxylation is 2. The van der Waals surface area contributed by atoms with Gasteiger partial charge in [0.15, 0.2) is 5.82 Å². The van der Waals surface area contributed by atoms with Gasteiger partial charge >= 0.3 is 11.8 Å². The number of fused-ring (bicyclic) bond motifs is 2. The number of carbonyl (C=O) groups is 2. The van der Waals surface area contributed by atoms with E-state index in [-0.39, 0.29) is 56.1 Å². The Labute approximate surface area is 363 Å². The molecule has 0 radical (unpaired) electrons. The number of aromatic amines is 1. The number of nitrogens with one attached hydrogen (secondary N) is 1. The Morgan fingerprint density at radius 2 is 1.76 bits per heavy atom. The van der Waals surface area contributed by atoms with Crippen molar-refractivity contribution < 1.29 is 29.4 Å². The fraction of sp³-hybridized carbons (Fsp3) is 0.404. The van der Waals surface area contributed by atoms with E-state index in [1.165, 1.54) is 15.0 Å². The van der Waals surface area contributed by atoms with Crippen LogP contribution in [0, 0.1) is 25.6 Å². The molecule has 3 aliphatic heterocycles. The molecule has 3 amide bonds. The Morgan fingerprint density at radius 1 is 1.00 bits per heavy atom. The van der Waals surface area contributed by atoms with E-state index in [2.05, 4.69) is 35.3 Å². The van der Waals surface area contributed by atoms with E-state index in [0.29, 0.717) is 84.0 Å². The summed E-state index contributed by atoms with van der Waals surface area (Å²) in [6.45, 7) is 9.70. The van der Waals surface area contributed by atoms with Crippen LogP contribution in [0.15, 0.2) is 74.8 Å². The van der Waals surface area contributed by atoms with Gasteiger partial charge in [-0.15, -0.1) is 0 Å². The minimum absolute atomic E-state index is 0. The number of anilines is 1. The van der Waals surface area contributed by atoms with Gasteiger partial charge in [0.05, 0.1) is 24.5 Å². The van der Waals surface area contributed by atoms with Crippen LogP contribution >= 0.6 is 0 Å². The molecule has 328 valence electrons. The summed E-state index contributed by atoms with van der Waals surface area (Å²) >= 11 is 0. The van der Waals surface area contributed by atoms with Gasteiger partial charge in [-0.3, -0.25) is 24.0 Å². The average Bonchev–Trinajstić information content (AvgIpc) is 3.58. The van der Waals surface area contributed by atoms with Crippen molar-refractivity contribution in [2.45, 2.75) is 77.4 Å². The highest BCUT2D eigenvalue weighted by Crippen LogP contribution is 2.56. The zero-order chi connectivity index (χ0) is 43.9. The van der Waals surface area contributed by atoms with E-state index in [0.717, 1.165) is 29.3 Å². The molecule has 4 aliphatic rings. The zero-order valence-electron chi connectivity index (χ0n) is 35.9. The van der Waals surface area contributed by atoms with E-state index >= 15 is 9.18 Å². The Balaban J connectivity index is 0.00000518. The number of hydrogen-bond donors (Lipinski definition) is 1. The molecule has 1 saturated carbocycles. The molecule has 15 nitrogen and oxygen atoms in total. The Kier molecular flexibility index (Phi) is 9.88. The lowest BCUT2D eigenvalue weighted by Gasteiger charge is -2.36. The average molecular weight is 859 g/mol. The number of aromatic nitrogens is 5. The third-order valence-corrected chi connectivity index (χ3v) is 13.7. The van der Waals surface area contributed by atoms with E-state index in [9.17, 15) is 14.4 Å². The number of rotatable bonds is 9. The number of hydrogen-bond acceptors (Lipinski definition) is 9. The van der Waals surface area contributed by atoms with Crippen LogP contribution in [0.25, 0.3) is 16.6 Å². The molecule has 6 heterocycles. The molecule has 1 aliphatic carbocycles. The first-order valence-corrected chi connectivity index (χ1v) is 21.6. The molecular weight excluding hydrogens is 808 g/mol. The molecule has 3 atom stereocenters. The number of benzene rings is 3. The number of H-pyrrole nitrogens is 1. The second kappa shape index (κ2) is 15.4. The number of methoxy groups -OCH3 is 1. The first-order valence-electron chi connectivity index (χ1n) is 21.6. The standard InChI is InChI=1S/C47H49FN8O7.H2/c1-26-19-34(20-27(2)39(26)48)55-41(57)36-11-14-53(29(4)40(36)49-44(55)54-16-15-52(46(54)60)25-30-7-6-8-35(21-30)61-5)42(58)38-23-33-22-32(31-12-17-62-18-13-31)9-10-37(33)56(38)47(24-28(47)3)43-50-45(59)63-51-43;/h6-10,19-23,28-29,31H,11-18,24-25H2,1-5H3,(H,50,51,59);1H/t28-,29+,47+;/m1./s1. The molecule has 3 fully saturated rings. The fourth-order valence-corrected chi connectivity index (χ4v) is 10.2.